The number of esters is 1. The van der Waals surface area contributed by atoms with Crippen LogP contribution in [-0.4, -0.2) is 20.7 Å². The molecule has 0 aliphatic heterocycles. The highest BCUT2D eigenvalue weighted by Gasteiger charge is 2.51. The molecule has 104 valence electrons. The van der Waals surface area contributed by atoms with Crippen LogP contribution in [0.3, 0.4) is 0 Å². The third kappa shape index (κ3) is 2.81. The highest BCUT2D eigenvalue weighted by atomic mass is 28.3. The zero-order chi connectivity index (χ0) is 13.5. The third-order valence-corrected chi connectivity index (χ3v) is 7.00. The molecular weight excluding hydrogens is 240 g/mol. The molecule has 2 aliphatic rings. The molecule has 0 aromatic rings. The molecule has 0 saturated heterocycles. The summed E-state index contributed by atoms with van der Waals surface area (Å²) in [5.74, 6) is 3.20. The van der Waals surface area contributed by atoms with Crippen LogP contribution in [0.5, 0.6) is 0 Å². The Hall–Kier alpha value is -0.313. The van der Waals surface area contributed by atoms with Crippen molar-refractivity contribution in [3.63, 3.8) is 0 Å². The van der Waals surface area contributed by atoms with Crippen molar-refractivity contribution in [3.05, 3.63) is 0 Å². The van der Waals surface area contributed by atoms with Gasteiger partial charge >= 0.3 is 5.97 Å². The monoisotopic (exact) mass is 268 g/mol. The van der Waals surface area contributed by atoms with E-state index in [1.165, 1.54) is 6.42 Å². The van der Waals surface area contributed by atoms with Crippen LogP contribution >= 0.6 is 0 Å². The minimum Gasteiger partial charge on any atom is -0.466 e. The fraction of sp³-hybridized carbons (Fsp3) is 0.933. The highest BCUT2D eigenvalue weighted by Crippen LogP contribution is 2.55. The summed E-state index contributed by atoms with van der Waals surface area (Å²) in [4.78, 5) is 12.2. The lowest BCUT2D eigenvalue weighted by Gasteiger charge is -2.30. The van der Waals surface area contributed by atoms with Gasteiger partial charge in [0, 0.05) is 8.07 Å². The summed E-state index contributed by atoms with van der Waals surface area (Å²) < 4.78 is 5.53. The van der Waals surface area contributed by atoms with Gasteiger partial charge in [0.2, 0.25) is 0 Å². The highest BCUT2D eigenvalue weighted by molar-refractivity contribution is 6.76. The molecule has 2 rings (SSSR count). The van der Waals surface area contributed by atoms with E-state index in [0.29, 0.717) is 18.4 Å². The Kier molecular flexibility index (Phi) is 3.91. The van der Waals surface area contributed by atoms with Gasteiger partial charge in [0.15, 0.2) is 0 Å². The maximum atomic E-state index is 12.2. The van der Waals surface area contributed by atoms with Crippen LogP contribution < -0.4 is 0 Å². The Bertz CT molecular complexity index is 319. The minimum absolute atomic E-state index is 0.0968. The van der Waals surface area contributed by atoms with Crippen LogP contribution in [0.25, 0.3) is 0 Å². The van der Waals surface area contributed by atoms with Crippen molar-refractivity contribution < 1.29 is 9.53 Å². The van der Waals surface area contributed by atoms with Gasteiger partial charge in [-0.1, -0.05) is 33.5 Å². The molecular formula is C15H28O2Si. The second kappa shape index (κ2) is 4.99. The van der Waals surface area contributed by atoms with Crippen LogP contribution in [0.2, 0.25) is 25.7 Å². The van der Waals surface area contributed by atoms with Crippen molar-refractivity contribution in [3.8, 4) is 0 Å². The minimum atomic E-state index is -1.08. The smallest absolute Gasteiger partial charge is 0.309 e. The SMILES string of the molecule is CC1C2CC(C(=O)OCC[Si](C)(C)C)C(C2)C1C. The van der Waals surface area contributed by atoms with Crippen LogP contribution in [0.1, 0.15) is 26.7 Å². The topological polar surface area (TPSA) is 26.3 Å². The maximum absolute atomic E-state index is 12.2. The Labute approximate surface area is 112 Å². The van der Waals surface area contributed by atoms with Gasteiger partial charge in [0.25, 0.3) is 0 Å². The Morgan fingerprint density at radius 2 is 1.83 bits per heavy atom. The maximum Gasteiger partial charge on any atom is 0.309 e. The van der Waals surface area contributed by atoms with Crippen LogP contribution in [-0.2, 0) is 9.53 Å². The van der Waals surface area contributed by atoms with Gasteiger partial charge in [-0.3, -0.25) is 4.79 Å². The lowest BCUT2D eigenvalue weighted by Crippen LogP contribution is -2.32. The lowest BCUT2D eigenvalue weighted by atomic mass is 9.76. The molecule has 0 amide bonds. The third-order valence-electron chi connectivity index (χ3n) is 5.30. The summed E-state index contributed by atoms with van der Waals surface area (Å²) in [6.07, 6.45) is 2.35. The standard InChI is InChI=1S/C15H28O2Si/c1-10-11(2)13-8-12(10)9-14(13)15(16)17-6-7-18(3,4)5/h10-14H,6-9H2,1-5H3. The van der Waals surface area contributed by atoms with Crippen LogP contribution in [0.15, 0.2) is 0 Å². The molecule has 0 aromatic heterocycles. The van der Waals surface area contributed by atoms with Crippen molar-refractivity contribution in [2.45, 2.75) is 52.4 Å². The van der Waals surface area contributed by atoms with E-state index in [1.54, 1.807) is 0 Å². The molecule has 2 fully saturated rings. The summed E-state index contributed by atoms with van der Waals surface area (Å²) in [7, 11) is -1.08. The van der Waals surface area contributed by atoms with Gasteiger partial charge in [-0.2, -0.15) is 0 Å². The molecule has 5 atom stereocenters. The van der Waals surface area contributed by atoms with Gasteiger partial charge in [-0.05, 0) is 42.6 Å². The predicted octanol–water partition coefficient (Wildman–Crippen LogP) is 3.80. The van der Waals surface area contributed by atoms with Crippen molar-refractivity contribution >= 4 is 14.0 Å². The zero-order valence-electron chi connectivity index (χ0n) is 12.5. The van der Waals surface area contributed by atoms with Gasteiger partial charge in [-0.15, -0.1) is 0 Å². The van der Waals surface area contributed by atoms with Crippen molar-refractivity contribution in [2.75, 3.05) is 6.61 Å². The number of carbonyl (C=O) groups is 1. The van der Waals surface area contributed by atoms with E-state index in [4.69, 9.17) is 4.74 Å². The first kappa shape index (κ1) is 14.1. The molecule has 0 heterocycles. The van der Waals surface area contributed by atoms with E-state index in [2.05, 4.69) is 33.5 Å². The Morgan fingerprint density at radius 3 is 2.33 bits per heavy atom. The number of carbonyl (C=O) groups excluding carboxylic acids is 1. The molecule has 2 aliphatic carbocycles. The van der Waals surface area contributed by atoms with Crippen molar-refractivity contribution in [1.82, 2.24) is 0 Å². The molecule has 2 bridgehead atoms. The van der Waals surface area contributed by atoms with Crippen LogP contribution in [0.4, 0.5) is 0 Å². The Balaban J connectivity index is 1.81. The van der Waals surface area contributed by atoms with E-state index >= 15 is 0 Å². The first-order valence-electron chi connectivity index (χ1n) is 7.46. The fourth-order valence-electron chi connectivity index (χ4n) is 3.78. The van der Waals surface area contributed by atoms with E-state index in [9.17, 15) is 4.79 Å². The second-order valence-corrected chi connectivity index (χ2v) is 13.3. The Morgan fingerprint density at radius 1 is 1.17 bits per heavy atom. The average Bonchev–Trinajstić information content (AvgIpc) is 2.78. The van der Waals surface area contributed by atoms with Crippen molar-refractivity contribution in [2.24, 2.45) is 29.6 Å². The second-order valence-electron chi connectivity index (χ2n) is 7.70. The van der Waals surface area contributed by atoms with Gasteiger partial charge in [0.05, 0.1) is 12.5 Å². The van der Waals surface area contributed by atoms with Gasteiger partial charge in [-0.25, -0.2) is 0 Å². The number of ether oxygens (including phenoxy) is 1. The summed E-state index contributed by atoms with van der Waals surface area (Å²) >= 11 is 0. The number of hydrogen-bond donors (Lipinski definition) is 0. The van der Waals surface area contributed by atoms with E-state index in [0.717, 1.165) is 24.3 Å². The molecule has 3 heteroatoms. The van der Waals surface area contributed by atoms with Crippen molar-refractivity contribution in [1.29, 1.82) is 0 Å². The van der Waals surface area contributed by atoms with E-state index in [-0.39, 0.29) is 11.9 Å². The molecule has 5 unspecified atom stereocenters. The molecule has 0 N–H and O–H groups in total. The quantitative estimate of drug-likeness (QED) is 0.573. The first-order valence-corrected chi connectivity index (χ1v) is 11.2. The van der Waals surface area contributed by atoms with Gasteiger partial charge in [0.1, 0.15) is 0 Å². The molecule has 0 aromatic carbocycles. The molecule has 0 spiro atoms. The molecule has 0 radical (unpaired) electrons. The summed E-state index contributed by atoms with van der Waals surface area (Å²) in [6.45, 7) is 12.3. The lowest BCUT2D eigenvalue weighted by molar-refractivity contribution is -0.150. The van der Waals surface area contributed by atoms with Crippen LogP contribution in [0, 0.1) is 29.6 Å². The summed E-state index contributed by atoms with van der Waals surface area (Å²) in [6, 6.07) is 1.09. The molecule has 18 heavy (non-hydrogen) atoms. The zero-order valence-corrected chi connectivity index (χ0v) is 13.5. The average molecular weight is 268 g/mol. The number of fused-ring (bicyclic) bond motifs is 2. The largest absolute Gasteiger partial charge is 0.466 e. The van der Waals surface area contributed by atoms with E-state index in [1.807, 2.05) is 0 Å². The fourth-order valence-corrected chi connectivity index (χ4v) is 4.49. The van der Waals surface area contributed by atoms with E-state index < -0.39 is 8.07 Å². The summed E-state index contributed by atoms with van der Waals surface area (Å²) in [5.41, 5.74) is 0. The van der Waals surface area contributed by atoms with Gasteiger partial charge < -0.3 is 4.74 Å². The summed E-state index contributed by atoms with van der Waals surface area (Å²) in [5, 5.41) is 0. The normalized spacial score (nSPS) is 39.1. The number of rotatable bonds is 4. The first-order chi connectivity index (χ1) is 8.29. The molecule has 2 saturated carbocycles. The number of hydrogen-bond acceptors (Lipinski definition) is 2. The predicted molar refractivity (Wildman–Crippen MR) is 77.1 cm³/mol. The molecule has 2 nitrogen and oxygen atoms in total.